The third kappa shape index (κ3) is 7.25. The molecule has 3 aromatic heterocycles. The Morgan fingerprint density at radius 1 is 0.852 bits per heavy atom. The van der Waals surface area contributed by atoms with Gasteiger partial charge in [0.15, 0.2) is 9.54 Å². The van der Waals surface area contributed by atoms with E-state index in [2.05, 4.69) is 25.9 Å². The number of piperidine rings is 1. The first-order valence-electron chi connectivity index (χ1n) is 17.0. The number of H-pyrrole nitrogens is 2. The first-order chi connectivity index (χ1) is 26.0. The molecule has 0 radical (unpaired) electrons. The maximum absolute atomic E-state index is 14.1. The minimum atomic E-state index is -1.38. The molecular formula is C39H34Cl2N6O5S2. The van der Waals surface area contributed by atoms with Crippen molar-refractivity contribution in [3.8, 4) is 28.9 Å². The van der Waals surface area contributed by atoms with E-state index in [1.807, 2.05) is 18.3 Å². The van der Waals surface area contributed by atoms with Crippen LogP contribution in [0.2, 0.25) is 10.0 Å². The molecule has 7 rings (SSSR count). The Labute approximate surface area is 329 Å². The molecule has 11 nitrogen and oxygen atoms in total. The van der Waals surface area contributed by atoms with Crippen molar-refractivity contribution in [2.75, 3.05) is 13.7 Å². The predicted molar refractivity (Wildman–Crippen MR) is 213 cm³/mol. The van der Waals surface area contributed by atoms with Crippen LogP contribution in [0.1, 0.15) is 59.0 Å². The van der Waals surface area contributed by atoms with Crippen LogP contribution in [0.4, 0.5) is 0 Å². The summed E-state index contributed by atoms with van der Waals surface area (Å²) < 4.78 is 8.11. The standard InChI is InChI=1S/C39H34Cl2N6O5S2/c1-52-30-14-13-22(17-24(30)21-45-16-3-2-12-29(45)23-7-6-15-42-20-23)31(32-34(48)43-38(53)46(36(32)50)27-10-4-8-25(40)18-27)33-35(49)44-39(54)47(37(33)51)28-11-5-9-26(41)19-28/h4-11,13-15,17-20,29,31,50-51H,2-3,12,16,21H2,1H3,(H,43,48,53)(H,44,49,54)/t29-/m1/s1. The van der Waals surface area contributed by atoms with Gasteiger partial charge in [-0.05, 0) is 110 Å². The topological polar surface area (TPSA) is 141 Å². The lowest BCUT2D eigenvalue weighted by atomic mass is 9.85. The number of methoxy groups -OCH3 is 1. The SMILES string of the molecule is COc1ccc(C(c2c(O)n(-c3cccc(Cl)c3)c(=S)[nH]c2=O)c2c(O)n(-c3cccc(Cl)c3)c(=S)[nH]c2=O)cc1CN1CCCC[C@@H]1c1cccnc1. The number of likely N-dealkylation sites (tertiary alicyclic amines) is 1. The number of aromatic hydroxyl groups is 2. The lowest BCUT2D eigenvalue weighted by Crippen LogP contribution is -2.33. The van der Waals surface area contributed by atoms with Gasteiger partial charge in [-0.25, -0.2) is 0 Å². The molecule has 0 bridgehead atoms. The molecule has 3 aromatic carbocycles. The summed E-state index contributed by atoms with van der Waals surface area (Å²) in [6, 6.07) is 22.5. The Morgan fingerprint density at radius 2 is 1.46 bits per heavy atom. The van der Waals surface area contributed by atoms with Gasteiger partial charge >= 0.3 is 0 Å². The Morgan fingerprint density at radius 3 is 2.00 bits per heavy atom. The summed E-state index contributed by atoms with van der Waals surface area (Å²) in [6.45, 7) is 1.27. The number of hydrogen-bond donors (Lipinski definition) is 4. The van der Waals surface area contributed by atoms with Crippen LogP contribution in [-0.2, 0) is 6.54 Å². The molecule has 1 saturated heterocycles. The van der Waals surface area contributed by atoms with Crippen LogP contribution in [0.5, 0.6) is 17.5 Å². The fraction of sp³-hybridized carbons (Fsp3) is 0.205. The number of benzene rings is 3. The van der Waals surface area contributed by atoms with Gasteiger partial charge < -0.3 is 14.9 Å². The van der Waals surface area contributed by atoms with Crippen LogP contribution in [0.3, 0.4) is 0 Å². The number of hydrogen-bond acceptors (Lipinski definition) is 9. The molecule has 1 atom stereocenters. The highest BCUT2D eigenvalue weighted by molar-refractivity contribution is 7.71. The van der Waals surface area contributed by atoms with Crippen molar-refractivity contribution in [2.24, 2.45) is 0 Å². The van der Waals surface area contributed by atoms with Gasteiger partial charge in [-0.15, -0.1) is 0 Å². The number of aromatic amines is 2. The molecule has 0 unspecified atom stereocenters. The molecule has 0 saturated carbocycles. The minimum absolute atomic E-state index is 0.0999. The van der Waals surface area contributed by atoms with Gasteiger partial charge in [-0.1, -0.05) is 53.9 Å². The third-order valence-corrected chi connectivity index (χ3v) is 10.7. The maximum Gasteiger partial charge on any atom is 0.259 e. The molecule has 6 aromatic rings. The van der Waals surface area contributed by atoms with Gasteiger partial charge in [0.25, 0.3) is 11.1 Å². The van der Waals surface area contributed by atoms with Gasteiger partial charge in [-0.2, -0.15) is 0 Å². The average molecular weight is 802 g/mol. The van der Waals surface area contributed by atoms with Crippen molar-refractivity contribution >= 4 is 47.6 Å². The van der Waals surface area contributed by atoms with Gasteiger partial charge in [0.2, 0.25) is 11.8 Å². The molecule has 0 aliphatic carbocycles. The second-order valence-electron chi connectivity index (χ2n) is 12.9. The summed E-state index contributed by atoms with van der Waals surface area (Å²) in [6.07, 6.45) is 6.64. The van der Waals surface area contributed by atoms with Crippen molar-refractivity contribution < 1.29 is 14.9 Å². The van der Waals surface area contributed by atoms with Crippen LogP contribution >= 0.6 is 47.6 Å². The highest BCUT2D eigenvalue weighted by Gasteiger charge is 2.34. The zero-order valence-corrected chi connectivity index (χ0v) is 32.0. The molecule has 54 heavy (non-hydrogen) atoms. The highest BCUT2D eigenvalue weighted by Crippen LogP contribution is 2.41. The van der Waals surface area contributed by atoms with Crippen LogP contribution in [0, 0.1) is 9.54 Å². The van der Waals surface area contributed by atoms with Crippen molar-refractivity contribution in [2.45, 2.75) is 37.8 Å². The van der Waals surface area contributed by atoms with Crippen molar-refractivity contribution in [1.29, 1.82) is 0 Å². The summed E-state index contributed by atoms with van der Waals surface area (Å²) in [5.74, 6) is -1.91. The quantitative estimate of drug-likeness (QED) is 0.107. The normalized spacial score (nSPS) is 14.7. The molecule has 4 N–H and O–H groups in total. The van der Waals surface area contributed by atoms with E-state index in [4.69, 9.17) is 52.4 Å². The lowest BCUT2D eigenvalue weighted by molar-refractivity contribution is 0.139. The van der Waals surface area contributed by atoms with E-state index in [1.165, 1.54) is 9.13 Å². The minimum Gasteiger partial charge on any atom is -0.496 e. The zero-order valence-electron chi connectivity index (χ0n) is 28.8. The first-order valence-corrected chi connectivity index (χ1v) is 18.6. The number of ether oxygens (including phenoxy) is 1. The molecule has 1 aliphatic rings. The Bertz CT molecular complexity index is 2490. The maximum atomic E-state index is 14.1. The molecule has 1 aliphatic heterocycles. The van der Waals surface area contributed by atoms with E-state index in [0.717, 1.165) is 36.9 Å². The number of rotatable bonds is 9. The summed E-state index contributed by atoms with van der Waals surface area (Å²) in [5.41, 5.74) is 0.889. The molecule has 0 amide bonds. The predicted octanol–water partition coefficient (Wildman–Crippen LogP) is 8.13. The average Bonchev–Trinajstić information content (AvgIpc) is 3.14. The van der Waals surface area contributed by atoms with Crippen LogP contribution in [-0.4, -0.2) is 52.9 Å². The number of nitrogens with one attached hydrogen (secondary N) is 2. The number of aromatic nitrogens is 5. The van der Waals surface area contributed by atoms with E-state index in [9.17, 15) is 19.8 Å². The second-order valence-corrected chi connectivity index (χ2v) is 14.5. The first kappa shape index (κ1) is 37.3. The number of pyridine rings is 1. The fourth-order valence-electron chi connectivity index (χ4n) is 7.24. The fourth-order valence-corrected chi connectivity index (χ4v) is 8.17. The van der Waals surface area contributed by atoms with Crippen molar-refractivity contribution in [3.05, 3.63) is 159 Å². The van der Waals surface area contributed by atoms with Crippen LogP contribution in [0.15, 0.2) is 101 Å². The summed E-state index contributed by atoms with van der Waals surface area (Å²) in [4.78, 5) is 40.3. The molecule has 0 spiro atoms. The highest BCUT2D eigenvalue weighted by atomic mass is 35.5. The molecule has 1 fully saturated rings. The van der Waals surface area contributed by atoms with Crippen molar-refractivity contribution in [1.82, 2.24) is 29.0 Å². The van der Waals surface area contributed by atoms with E-state index in [0.29, 0.717) is 39.3 Å². The van der Waals surface area contributed by atoms with Gasteiger partial charge in [0.1, 0.15) is 5.75 Å². The van der Waals surface area contributed by atoms with E-state index in [-0.39, 0.29) is 26.7 Å². The molecule has 4 heterocycles. The van der Waals surface area contributed by atoms with Gasteiger partial charge in [0.05, 0.1) is 35.5 Å². The zero-order chi connectivity index (χ0) is 38.1. The van der Waals surface area contributed by atoms with Crippen molar-refractivity contribution in [3.63, 3.8) is 0 Å². The molecular weight excluding hydrogens is 768 g/mol. The Balaban J connectivity index is 1.48. The van der Waals surface area contributed by atoms with Crippen LogP contribution in [0.25, 0.3) is 11.4 Å². The second kappa shape index (κ2) is 15.7. The van der Waals surface area contributed by atoms with E-state index < -0.39 is 28.8 Å². The van der Waals surface area contributed by atoms with E-state index in [1.54, 1.807) is 74.0 Å². The molecule has 276 valence electrons. The monoisotopic (exact) mass is 800 g/mol. The third-order valence-electron chi connectivity index (χ3n) is 9.65. The van der Waals surface area contributed by atoms with Crippen LogP contribution < -0.4 is 15.9 Å². The van der Waals surface area contributed by atoms with Gasteiger partial charge in [0, 0.05) is 40.6 Å². The largest absolute Gasteiger partial charge is 0.496 e. The number of nitrogens with zero attached hydrogens (tertiary/aromatic N) is 4. The smallest absolute Gasteiger partial charge is 0.259 e. The number of halogens is 2. The summed E-state index contributed by atoms with van der Waals surface area (Å²) >= 11 is 23.7. The Hall–Kier alpha value is -5.05. The Kier molecular flexibility index (Phi) is 10.9. The van der Waals surface area contributed by atoms with E-state index >= 15 is 0 Å². The summed E-state index contributed by atoms with van der Waals surface area (Å²) in [5, 5.41) is 24.9. The lowest BCUT2D eigenvalue weighted by Gasteiger charge is -2.36. The van der Waals surface area contributed by atoms with Gasteiger partial charge in [-0.3, -0.25) is 38.6 Å². The molecule has 15 heteroatoms. The summed E-state index contributed by atoms with van der Waals surface area (Å²) in [7, 11) is 1.57.